The number of piperazine rings is 1. The van der Waals surface area contributed by atoms with Crippen molar-refractivity contribution in [1.29, 1.82) is 0 Å². The number of piperidine rings is 1. The molecule has 5 rings (SSSR count). The molecule has 2 saturated heterocycles. The van der Waals surface area contributed by atoms with Gasteiger partial charge in [0.1, 0.15) is 5.52 Å². The van der Waals surface area contributed by atoms with Crippen LogP contribution >= 0.6 is 0 Å². The maximum atomic E-state index is 4.80. The van der Waals surface area contributed by atoms with E-state index in [0.29, 0.717) is 6.04 Å². The molecule has 0 radical (unpaired) electrons. The summed E-state index contributed by atoms with van der Waals surface area (Å²) in [6.45, 7) is 8.27. The van der Waals surface area contributed by atoms with E-state index in [9.17, 15) is 0 Å². The molecule has 2 fully saturated rings. The van der Waals surface area contributed by atoms with Gasteiger partial charge in [0.15, 0.2) is 5.82 Å². The Morgan fingerprint density at radius 3 is 2.39 bits per heavy atom. The first-order chi connectivity index (χ1) is 13.8. The number of rotatable bonds is 3. The van der Waals surface area contributed by atoms with E-state index < -0.39 is 0 Å². The van der Waals surface area contributed by atoms with Crippen LogP contribution in [0.25, 0.3) is 10.9 Å². The number of benzene rings is 1. The molecule has 1 N–H and O–H groups in total. The number of anilines is 2. The van der Waals surface area contributed by atoms with E-state index in [2.05, 4.69) is 57.1 Å². The molecule has 3 aromatic rings. The van der Waals surface area contributed by atoms with Crippen LogP contribution in [0, 0.1) is 6.92 Å². The Kier molecular flexibility index (Phi) is 4.64. The van der Waals surface area contributed by atoms with Gasteiger partial charge in [-0.3, -0.25) is 4.68 Å². The average Bonchev–Trinajstić information content (AvgIpc) is 3.19. The van der Waals surface area contributed by atoms with Crippen LogP contribution in [0.1, 0.15) is 24.4 Å². The lowest BCUT2D eigenvalue weighted by molar-refractivity contribution is 0.351. The molecule has 0 spiro atoms. The standard InChI is InChI=1S/C22H28N6/c1-17-2-4-19(5-3-17)26-12-14-27(15-13-26)22-21-18(6-11-24-22)16-25-28(21)20-7-9-23-10-8-20/h2-6,11,16,20,23H,7-10,12-15H2,1H3. The maximum Gasteiger partial charge on any atom is 0.154 e. The highest BCUT2D eigenvalue weighted by molar-refractivity contribution is 5.89. The summed E-state index contributed by atoms with van der Waals surface area (Å²) in [4.78, 5) is 9.71. The summed E-state index contributed by atoms with van der Waals surface area (Å²) in [6.07, 6.45) is 6.20. The van der Waals surface area contributed by atoms with Crippen LogP contribution in [0.3, 0.4) is 0 Å². The van der Waals surface area contributed by atoms with Crippen LogP contribution in [-0.2, 0) is 0 Å². The van der Waals surface area contributed by atoms with Crippen molar-refractivity contribution in [2.24, 2.45) is 0 Å². The minimum absolute atomic E-state index is 0.468. The third kappa shape index (κ3) is 3.22. The van der Waals surface area contributed by atoms with Crippen molar-refractivity contribution in [2.45, 2.75) is 25.8 Å². The summed E-state index contributed by atoms with van der Waals surface area (Å²) in [5.41, 5.74) is 3.83. The van der Waals surface area contributed by atoms with Crippen LogP contribution in [0.4, 0.5) is 11.5 Å². The minimum atomic E-state index is 0.468. The van der Waals surface area contributed by atoms with Crippen molar-refractivity contribution in [3.8, 4) is 0 Å². The lowest BCUT2D eigenvalue weighted by atomic mass is 10.1. The van der Waals surface area contributed by atoms with Gasteiger partial charge in [0.2, 0.25) is 0 Å². The maximum absolute atomic E-state index is 4.80. The lowest BCUT2D eigenvalue weighted by Gasteiger charge is -2.37. The first-order valence-corrected chi connectivity index (χ1v) is 10.4. The lowest BCUT2D eigenvalue weighted by Crippen LogP contribution is -2.47. The third-order valence-electron chi connectivity index (χ3n) is 6.12. The first kappa shape index (κ1) is 17.5. The van der Waals surface area contributed by atoms with Crippen LogP contribution in [0.15, 0.2) is 42.7 Å². The highest BCUT2D eigenvalue weighted by atomic mass is 15.3. The molecule has 0 bridgehead atoms. The fourth-order valence-electron chi connectivity index (χ4n) is 4.47. The van der Waals surface area contributed by atoms with E-state index in [4.69, 9.17) is 10.1 Å². The van der Waals surface area contributed by atoms with Gasteiger partial charge in [-0.1, -0.05) is 17.7 Å². The molecule has 0 amide bonds. The Balaban J connectivity index is 1.39. The van der Waals surface area contributed by atoms with E-state index in [1.165, 1.54) is 22.2 Å². The molecule has 6 nitrogen and oxygen atoms in total. The SMILES string of the molecule is Cc1ccc(N2CCN(c3nccc4cnn(C5CCNCC5)c34)CC2)cc1. The first-order valence-electron chi connectivity index (χ1n) is 10.4. The van der Waals surface area contributed by atoms with E-state index in [0.717, 1.165) is 57.9 Å². The van der Waals surface area contributed by atoms with Crippen molar-refractivity contribution in [2.75, 3.05) is 49.1 Å². The van der Waals surface area contributed by atoms with E-state index in [-0.39, 0.29) is 0 Å². The summed E-state index contributed by atoms with van der Waals surface area (Å²) in [6, 6.07) is 11.4. The molecule has 146 valence electrons. The second-order valence-electron chi connectivity index (χ2n) is 7.95. The molecule has 28 heavy (non-hydrogen) atoms. The van der Waals surface area contributed by atoms with Crippen LogP contribution in [0.5, 0.6) is 0 Å². The fourth-order valence-corrected chi connectivity index (χ4v) is 4.47. The summed E-state index contributed by atoms with van der Waals surface area (Å²) in [5.74, 6) is 1.09. The van der Waals surface area contributed by atoms with E-state index in [1.807, 2.05) is 12.4 Å². The number of pyridine rings is 1. The van der Waals surface area contributed by atoms with Crippen molar-refractivity contribution in [3.05, 3.63) is 48.3 Å². The molecular weight excluding hydrogens is 348 g/mol. The van der Waals surface area contributed by atoms with Crippen molar-refractivity contribution >= 4 is 22.4 Å². The zero-order chi connectivity index (χ0) is 18.9. The number of hydrogen-bond acceptors (Lipinski definition) is 5. The van der Waals surface area contributed by atoms with Crippen molar-refractivity contribution < 1.29 is 0 Å². The van der Waals surface area contributed by atoms with Gasteiger partial charge in [-0.25, -0.2) is 4.98 Å². The Hall–Kier alpha value is -2.60. The number of nitrogens with one attached hydrogen (secondary N) is 1. The molecule has 0 unspecified atom stereocenters. The van der Waals surface area contributed by atoms with E-state index in [1.54, 1.807) is 0 Å². The molecule has 2 aliphatic heterocycles. The predicted octanol–water partition coefficient (Wildman–Crippen LogP) is 2.99. The van der Waals surface area contributed by atoms with E-state index >= 15 is 0 Å². The van der Waals surface area contributed by atoms with Crippen LogP contribution < -0.4 is 15.1 Å². The fraction of sp³-hybridized carbons (Fsp3) is 0.455. The number of aromatic nitrogens is 3. The Morgan fingerprint density at radius 1 is 0.929 bits per heavy atom. The second kappa shape index (κ2) is 7.43. The average molecular weight is 377 g/mol. The molecular formula is C22H28N6. The number of fused-ring (bicyclic) bond motifs is 1. The summed E-state index contributed by atoms with van der Waals surface area (Å²) >= 11 is 0. The summed E-state index contributed by atoms with van der Waals surface area (Å²) < 4.78 is 2.24. The molecule has 2 aromatic heterocycles. The van der Waals surface area contributed by atoms with Crippen LogP contribution in [-0.4, -0.2) is 54.0 Å². The molecule has 2 aliphatic rings. The number of nitrogens with zero attached hydrogens (tertiary/aromatic N) is 5. The third-order valence-corrected chi connectivity index (χ3v) is 6.12. The molecule has 0 aliphatic carbocycles. The highest BCUT2D eigenvalue weighted by Crippen LogP contribution is 2.30. The second-order valence-corrected chi connectivity index (χ2v) is 7.95. The van der Waals surface area contributed by atoms with Crippen molar-refractivity contribution in [3.63, 3.8) is 0 Å². The molecule has 1 aromatic carbocycles. The molecule has 0 atom stereocenters. The monoisotopic (exact) mass is 376 g/mol. The molecule has 6 heteroatoms. The van der Waals surface area contributed by atoms with Gasteiger partial charge >= 0.3 is 0 Å². The Labute approximate surface area is 166 Å². The van der Waals surface area contributed by atoms with Gasteiger partial charge in [0.05, 0.1) is 12.2 Å². The van der Waals surface area contributed by atoms with Gasteiger partial charge < -0.3 is 15.1 Å². The predicted molar refractivity (Wildman–Crippen MR) is 114 cm³/mol. The molecule has 0 saturated carbocycles. The van der Waals surface area contributed by atoms with Gasteiger partial charge in [-0.05, 0) is 51.1 Å². The Bertz CT molecular complexity index is 933. The molecule has 4 heterocycles. The summed E-state index contributed by atoms with van der Waals surface area (Å²) in [5, 5.41) is 9.41. The van der Waals surface area contributed by atoms with Crippen molar-refractivity contribution in [1.82, 2.24) is 20.1 Å². The van der Waals surface area contributed by atoms with Gasteiger partial charge in [0, 0.05) is 43.4 Å². The van der Waals surface area contributed by atoms with Gasteiger partial charge in [-0.2, -0.15) is 5.10 Å². The van der Waals surface area contributed by atoms with Gasteiger partial charge in [-0.15, -0.1) is 0 Å². The minimum Gasteiger partial charge on any atom is -0.368 e. The summed E-state index contributed by atoms with van der Waals surface area (Å²) in [7, 11) is 0. The number of aryl methyl sites for hydroxylation is 1. The zero-order valence-corrected chi connectivity index (χ0v) is 16.5. The number of hydrogen-bond donors (Lipinski definition) is 1. The largest absolute Gasteiger partial charge is 0.368 e. The quantitative estimate of drug-likeness (QED) is 0.762. The highest BCUT2D eigenvalue weighted by Gasteiger charge is 2.24. The Morgan fingerprint density at radius 2 is 1.64 bits per heavy atom. The van der Waals surface area contributed by atoms with Gasteiger partial charge in [0.25, 0.3) is 0 Å². The van der Waals surface area contributed by atoms with Crippen LogP contribution in [0.2, 0.25) is 0 Å². The smallest absolute Gasteiger partial charge is 0.154 e. The topological polar surface area (TPSA) is 49.2 Å². The zero-order valence-electron chi connectivity index (χ0n) is 16.5. The normalized spacial score (nSPS) is 18.8.